The SMILES string of the molecule is C=CCn1c(CNc2ccc(C)cc2)nnc1SC(C)C(=O)N/N=C/c1ccc(Cl)cc1. The first-order valence-corrected chi connectivity index (χ1v) is 11.3. The van der Waals surface area contributed by atoms with Gasteiger partial charge in [0.2, 0.25) is 0 Å². The number of rotatable bonds is 10. The van der Waals surface area contributed by atoms with Gasteiger partial charge in [0.1, 0.15) is 0 Å². The monoisotopic (exact) mass is 468 g/mol. The summed E-state index contributed by atoms with van der Waals surface area (Å²) in [5.74, 6) is 0.536. The maximum absolute atomic E-state index is 12.4. The summed E-state index contributed by atoms with van der Waals surface area (Å²) in [7, 11) is 0. The summed E-state index contributed by atoms with van der Waals surface area (Å²) in [6.07, 6.45) is 3.35. The van der Waals surface area contributed by atoms with Crippen LogP contribution in [0.25, 0.3) is 0 Å². The van der Waals surface area contributed by atoms with E-state index < -0.39 is 5.25 Å². The smallest absolute Gasteiger partial charge is 0.253 e. The number of halogens is 1. The number of aromatic nitrogens is 3. The molecule has 2 aromatic carbocycles. The number of amides is 1. The molecule has 1 unspecified atom stereocenters. The van der Waals surface area contributed by atoms with Crippen LogP contribution >= 0.6 is 23.4 Å². The third-order valence-electron chi connectivity index (χ3n) is 4.52. The van der Waals surface area contributed by atoms with Gasteiger partial charge in [-0.05, 0) is 43.7 Å². The van der Waals surface area contributed by atoms with Crippen molar-refractivity contribution >= 4 is 41.2 Å². The minimum atomic E-state index is -0.414. The van der Waals surface area contributed by atoms with Gasteiger partial charge >= 0.3 is 0 Å². The molecule has 1 amide bonds. The molecule has 3 aromatic rings. The molecule has 7 nitrogen and oxygen atoms in total. The molecule has 0 aliphatic carbocycles. The fraction of sp³-hybridized carbons (Fsp3) is 0.217. The molecule has 0 saturated heterocycles. The third kappa shape index (κ3) is 6.70. The number of nitrogens with zero attached hydrogens (tertiary/aromatic N) is 4. The summed E-state index contributed by atoms with van der Waals surface area (Å²) < 4.78 is 1.94. The molecule has 0 aliphatic rings. The molecule has 166 valence electrons. The molecule has 0 aliphatic heterocycles. The van der Waals surface area contributed by atoms with Crippen LogP contribution in [0.2, 0.25) is 5.02 Å². The second-order valence-electron chi connectivity index (χ2n) is 7.06. The zero-order valence-electron chi connectivity index (χ0n) is 18.0. The topological polar surface area (TPSA) is 84.2 Å². The fourth-order valence-corrected chi connectivity index (χ4v) is 3.72. The van der Waals surface area contributed by atoms with Crippen molar-refractivity contribution in [2.24, 2.45) is 5.10 Å². The van der Waals surface area contributed by atoms with Crippen LogP contribution < -0.4 is 10.7 Å². The molecule has 0 fully saturated rings. The fourth-order valence-electron chi connectivity index (χ4n) is 2.72. The molecule has 2 N–H and O–H groups in total. The molecule has 0 saturated carbocycles. The zero-order valence-corrected chi connectivity index (χ0v) is 19.5. The van der Waals surface area contributed by atoms with E-state index in [1.54, 1.807) is 31.3 Å². The molecule has 0 radical (unpaired) electrons. The maximum Gasteiger partial charge on any atom is 0.253 e. The third-order valence-corrected chi connectivity index (χ3v) is 5.85. The van der Waals surface area contributed by atoms with E-state index in [1.807, 2.05) is 47.9 Å². The Labute approximate surface area is 197 Å². The Morgan fingerprint density at radius 2 is 1.94 bits per heavy atom. The first-order chi connectivity index (χ1) is 15.5. The normalized spacial score (nSPS) is 12.0. The van der Waals surface area contributed by atoms with Gasteiger partial charge in [0, 0.05) is 17.3 Å². The lowest BCUT2D eigenvalue weighted by atomic mass is 10.2. The van der Waals surface area contributed by atoms with Gasteiger partial charge in [-0.2, -0.15) is 5.10 Å². The van der Waals surface area contributed by atoms with E-state index in [0.717, 1.165) is 17.1 Å². The predicted molar refractivity (Wildman–Crippen MR) is 131 cm³/mol. The van der Waals surface area contributed by atoms with Gasteiger partial charge in [-0.3, -0.25) is 4.79 Å². The Morgan fingerprint density at radius 3 is 2.62 bits per heavy atom. The Balaban J connectivity index is 1.59. The molecular weight excluding hydrogens is 444 g/mol. The van der Waals surface area contributed by atoms with Gasteiger partial charge in [0.15, 0.2) is 11.0 Å². The van der Waals surface area contributed by atoms with E-state index in [4.69, 9.17) is 11.6 Å². The lowest BCUT2D eigenvalue weighted by Crippen LogP contribution is -2.27. The number of carbonyl (C=O) groups excluding carboxylic acids is 1. The summed E-state index contributed by atoms with van der Waals surface area (Å²) in [4.78, 5) is 12.4. The first kappa shape index (κ1) is 23.6. The van der Waals surface area contributed by atoms with Gasteiger partial charge in [-0.15, -0.1) is 16.8 Å². The molecular formula is C23H25ClN6OS. The highest BCUT2D eigenvalue weighted by Crippen LogP contribution is 2.23. The lowest BCUT2D eigenvalue weighted by Gasteiger charge is -2.12. The van der Waals surface area contributed by atoms with Gasteiger partial charge in [-0.25, -0.2) is 5.43 Å². The van der Waals surface area contributed by atoms with E-state index in [0.29, 0.717) is 23.3 Å². The average molecular weight is 469 g/mol. The van der Waals surface area contributed by atoms with Gasteiger partial charge in [0.25, 0.3) is 5.91 Å². The Hall–Kier alpha value is -3.10. The second-order valence-corrected chi connectivity index (χ2v) is 8.81. The first-order valence-electron chi connectivity index (χ1n) is 10.0. The van der Waals surface area contributed by atoms with E-state index in [-0.39, 0.29) is 5.91 Å². The number of thioether (sulfide) groups is 1. The minimum absolute atomic E-state index is 0.229. The van der Waals surface area contributed by atoms with Crippen molar-refractivity contribution in [3.8, 4) is 0 Å². The number of hydrogen-bond donors (Lipinski definition) is 2. The molecule has 1 aromatic heterocycles. The predicted octanol–water partition coefficient (Wildman–Crippen LogP) is 4.67. The highest BCUT2D eigenvalue weighted by atomic mass is 35.5. The number of carbonyl (C=O) groups is 1. The molecule has 32 heavy (non-hydrogen) atoms. The van der Waals surface area contributed by atoms with Crippen molar-refractivity contribution in [3.63, 3.8) is 0 Å². The van der Waals surface area contributed by atoms with E-state index >= 15 is 0 Å². The number of hydrogen-bond acceptors (Lipinski definition) is 6. The van der Waals surface area contributed by atoms with Crippen molar-refractivity contribution in [1.29, 1.82) is 0 Å². The summed E-state index contributed by atoms with van der Waals surface area (Å²) in [6.45, 7) is 8.73. The molecule has 9 heteroatoms. The highest BCUT2D eigenvalue weighted by molar-refractivity contribution is 8.00. The maximum atomic E-state index is 12.4. The number of nitrogens with one attached hydrogen (secondary N) is 2. The van der Waals surface area contributed by atoms with Crippen molar-refractivity contribution in [2.45, 2.75) is 37.3 Å². The van der Waals surface area contributed by atoms with E-state index in [2.05, 4.69) is 32.6 Å². The van der Waals surface area contributed by atoms with E-state index in [1.165, 1.54) is 17.3 Å². The van der Waals surface area contributed by atoms with Crippen LogP contribution in [0, 0.1) is 6.92 Å². The standard InChI is InChI=1S/C23H25ClN6OS/c1-4-13-30-21(15-25-20-11-5-16(2)6-12-20)27-29-23(30)32-17(3)22(31)28-26-14-18-7-9-19(24)10-8-18/h4-12,14,17,25H,1,13,15H2,2-3H3,(H,28,31)/b26-14+. The second kappa shape index (κ2) is 11.5. The van der Waals surface area contributed by atoms with Crippen molar-refractivity contribution in [1.82, 2.24) is 20.2 Å². The Kier molecular flexibility index (Phi) is 8.47. The Morgan fingerprint density at radius 1 is 1.22 bits per heavy atom. The summed E-state index contributed by atoms with van der Waals surface area (Å²) in [5.41, 5.74) is 5.61. The van der Waals surface area contributed by atoms with Crippen molar-refractivity contribution < 1.29 is 4.79 Å². The molecule has 1 atom stereocenters. The van der Waals surface area contributed by atoms with Crippen molar-refractivity contribution in [3.05, 3.63) is 83.2 Å². The van der Waals surface area contributed by atoms with Gasteiger partial charge < -0.3 is 9.88 Å². The lowest BCUT2D eigenvalue weighted by molar-refractivity contribution is -0.120. The van der Waals surface area contributed by atoms with E-state index in [9.17, 15) is 4.79 Å². The van der Waals surface area contributed by atoms with Crippen LogP contribution in [0.15, 0.2) is 71.4 Å². The van der Waals surface area contributed by atoms with Crippen LogP contribution in [0.1, 0.15) is 23.9 Å². The summed E-state index contributed by atoms with van der Waals surface area (Å²) >= 11 is 7.19. The molecule has 0 bridgehead atoms. The van der Waals surface area contributed by atoms with Crippen LogP contribution in [0.5, 0.6) is 0 Å². The summed E-state index contributed by atoms with van der Waals surface area (Å²) in [6, 6.07) is 15.3. The molecule has 3 rings (SSSR count). The van der Waals surface area contributed by atoms with Crippen LogP contribution in [0.4, 0.5) is 5.69 Å². The van der Waals surface area contributed by atoms with Gasteiger partial charge in [0.05, 0.1) is 18.0 Å². The van der Waals surface area contributed by atoms with Crippen LogP contribution in [-0.2, 0) is 17.9 Å². The summed E-state index contributed by atoms with van der Waals surface area (Å²) in [5, 5.41) is 16.8. The molecule has 1 heterocycles. The average Bonchev–Trinajstić information content (AvgIpc) is 3.16. The number of hydrazone groups is 1. The van der Waals surface area contributed by atoms with Crippen LogP contribution in [-0.4, -0.2) is 32.1 Å². The quantitative estimate of drug-likeness (QED) is 0.195. The Bertz CT molecular complexity index is 1080. The molecule has 0 spiro atoms. The zero-order chi connectivity index (χ0) is 22.9. The number of aryl methyl sites for hydroxylation is 1. The van der Waals surface area contributed by atoms with Crippen LogP contribution in [0.3, 0.4) is 0 Å². The van der Waals surface area contributed by atoms with Gasteiger partial charge in [-0.1, -0.05) is 59.3 Å². The number of anilines is 1. The largest absolute Gasteiger partial charge is 0.378 e. The number of benzene rings is 2. The van der Waals surface area contributed by atoms with Crippen molar-refractivity contribution in [2.75, 3.05) is 5.32 Å². The minimum Gasteiger partial charge on any atom is -0.378 e. The number of allylic oxidation sites excluding steroid dienone is 1. The highest BCUT2D eigenvalue weighted by Gasteiger charge is 2.19.